The lowest BCUT2D eigenvalue weighted by Crippen LogP contribution is -2.34. The van der Waals surface area contributed by atoms with Crippen molar-refractivity contribution in [1.82, 2.24) is 10.0 Å². The van der Waals surface area contributed by atoms with Crippen molar-refractivity contribution < 1.29 is 26.3 Å². The summed E-state index contributed by atoms with van der Waals surface area (Å²) in [6.45, 7) is 0.679. The number of rotatable bonds is 8. The Kier molecular flexibility index (Phi) is 6.99. The number of nitrogens with one attached hydrogen (secondary N) is 3. The van der Waals surface area contributed by atoms with Crippen molar-refractivity contribution in [2.75, 3.05) is 31.2 Å². The molecule has 0 bridgehead atoms. The second-order valence-corrected chi connectivity index (χ2v) is 10.5. The van der Waals surface area contributed by atoms with Gasteiger partial charge in [-0.2, -0.15) is 13.2 Å². The predicted octanol–water partition coefficient (Wildman–Crippen LogP) is 3.85. The van der Waals surface area contributed by atoms with Crippen LogP contribution in [0.2, 0.25) is 0 Å². The number of fused-ring (bicyclic) bond motifs is 3. The lowest BCUT2D eigenvalue weighted by Gasteiger charge is -2.36. The lowest BCUT2D eigenvalue weighted by molar-refractivity contribution is -0.137. The second kappa shape index (κ2) is 9.61. The molecule has 6 nitrogen and oxygen atoms in total. The molecule has 0 saturated carbocycles. The van der Waals surface area contributed by atoms with Gasteiger partial charge in [-0.1, -0.05) is 30.3 Å². The predicted molar refractivity (Wildman–Crippen MR) is 120 cm³/mol. The summed E-state index contributed by atoms with van der Waals surface area (Å²) < 4.78 is 73.4. The second-order valence-electron chi connectivity index (χ2n) is 8.54. The summed E-state index contributed by atoms with van der Waals surface area (Å²) in [4.78, 5) is 0. The lowest BCUT2D eigenvalue weighted by atomic mass is 9.80. The molecule has 4 unspecified atom stereocenters. The maximum absolute atomic E-state index is 13.4. The molecule has 2 aromatic rings. The van der Waals surface area contributed by atoms with E-state index in [4.69, 9.17) is 4.74 Å². The molecule has 0 spiro atoms. The Morgan fingerprint density at radius 2 is 1.91 bits per heavy atom. The third-order valence-corrected chi connectivity index (χ3v) is 7.65. The van der Waals surface area contributed by atoms with Crippen LogP contribution in [0.15, 0.2) is 48.5 Å². The molecular formula is C23H28F3N3O3S. The maximum Gasteiger partial charge on any atom is 0.416 e. The van der Waals surface area contributed by atoms with Crippen LogP contribution in [0.3, 0.4) is 0 Å². The van der Waals surface area contributed by atoms with Gasteiger partial charge in [0.05, 0.1) is 29.6 Å². The molecule has 4 rings (SSSR count). The molecule has 1 fully saturated rings. The Bertz CT molecular complexity index is 1060. The van der Waals surface area contributed by atoms with Gasteiger partial charge in [0.2, 0.25) is 10.0 Å². The van der Waals surface area contributed by atoms with E-state index >= 15 is 0 Å². The summed E-state index contributed by atoms with van der Waals surface area (Å²) in [6.07, 6.45) is -4.45. The van der Waals surface area contributed by atoms with Crippen LogP contribution >= 0.6 is 0 Å². The average molecular weight is 484 g/mol. The Labute approximate surface area is 192 Å². The number of halogens is 3. The zero-order chi connectivity index (χ0) is 23.6. The molecule has 1 saturated heterocycles. The first kappa shape index (κ1) is 24.0. The Morgan fingerprint density at radius 1 is 1.15 bits per heavy atom. The van der Waals surface area contributed by atoms with Gasteiger partial charge in [0.1, 0.15) is 0 Å². The van der Waals surface area contributed by atoms with Crippen LogP contribution in [-0.2, 0) is 20.9 Å². The van der Waals surface area contributed by atoms with Crippen molar-refractivity contribution in [2.45, 2.75) is 37.3 Å². The first-order valence-electron chi connectivity index (χ1n) is 11.0. The first-order chi connectivity index (χ1) is 15.7. The Hall–Kier alpha value is -2.14. The summed E-state index contributed by atoms with van der Waals surface area (Å²) in [5.74, 6) is -0.137. The summed E-state index contributed by atoms with van der Waals surface area (Å²) >= 11 is 0. The van der Waals surface area contributed by atoms with Crippen LogP contribution < -0.4 is 15.4 Å². The van der Waals surface area contributed by atoms with Gasteiger partial charge in [-0.25, -0.2) is 13.1 Å². The van der Waals surface area contributed by atoms with Crippen molar-refractivity contribution in [2.24, 2.45) is 5.92 Å². The minimum atomic E-state index is -4.46. The third kappa shape index (κ3) is 5.51. The number of hydrogen-bond acceptors (Lipinski definition) is 5. The largest absolute Gasteiger partial charge is 0.416 e. The topological polar surface area (TPSA) is 79.5 Å². The van der Waals surface area contributed by atoms with Crippen LogP contribution in [0.1, 0.15) is 41.7 Å². The van der Waals surface area contributed by atoms with Crippen LogP contribution in [0.4, 0.5) is 18.9 Å². The minimum absolute atomic E-state index is 0.000606. The van der Waals surface area contributed by atoms with Gasteiger partial charge in [0, 0.05) is 23.7 Å². The first-order valence-corrected chi connectivity index (χ1v) is 12.6. The van der Waals surface area contributed by atoms with Crippen LogP contribution in [0, 0.1) is 5.92 Å². The van der Waals surface area contributed by atoms with E-state index in [0.29, 0.717) is 30.6 Å². The fraction of sp³-hybridized carbons (Fsp3) is 0.478. The van der Waals surface area contributed by atoms with E-state index in [1.165, 1.54) is 6.07 Å². The van der Waals surface area contributed by atoms with Crippen molar-refractivity contribution in [1.29, 1.82) is 0 Å². The molecule has 0 aliphatic carbocycles. The van der Waals surface area contributed by atoms with Gasteiger partial charge < -0.3 is 15.4 Å². The van der Waals surface area contributed by atoms with Gasteiger partial charge in [0.25, 0.3) is 0 Å². The molecular weight excluding hydrogens is 455 g/mol. The van der Waals surface area contributed by atoms with E-state index < -0.39 is 34.0 Å². The minimum Gasteiger partial charge on any atom is -0.378 e. The van der Waals surface area contributed by atoms with Gasteiger partial charge in [-0.15, -0.1) is 0 Å². The molecule has 2 aliphatic heterocycles. The van der Waals surface area contributed by atoms with E-state index in [-0.39, 0.29) is 24.3 Å². The monoisotopic (exact) mass is 483 g/mol. The van der Waals surface area contributed by atoms with E-state index in [1.54, 1.807) is 7.05 Å². The molecule has 33 heavy (non-hydrogen) atoms. The average Bonchev–Trinajstić information content (AvgIpc) is 3.22. The number of sulfonamides is 1. The molecule has 3 N–H and O–H groups in total. The molecule has 0 aromatic heterocycles. The summed E-state index contributed by atoms with van der Waals surface area (Å²) in [6, 6.07) is 13.2. The van der Waals surface area contributed by atoms with E-state index in [2.05, 4.69) is 15.4 Å². The molecule has 180 valence electrons. The zero-order valence-corrected chi connectivity index (χ0v) is 19.0. The number of benzene rings is 2. The molecule has 10 heteroatoms. The smallest absolute Gasteiger partial charge is 0.378 e. The number of anilines is 1. The van der Waals surface area contributed by atoms with E-state index in [9.17, 15) is 21.6 Å². The molecule has 0 amide bonds. The van der Waals surface area contributed by atoms with Crippen molar-refractivity contribution in [3.63, 3.8) is 0 Å². The summed E-state index contributed by atoms with van der Waals surface area (Å²) in [5.41, 5.74) is 1.35. The van der Waals surface area contributed by atoms with E-state index in [0.717, 1.165) is 17.7 Å². The van der Waals surface area contributed by atoms with Gasteiger partial charge in [-0.05, 0) is 50.2 Å². The Morgan fingerprint density at radius 3 is 2.61 bits per heavy atom. The summed E-state index contributed by atoms with van der Waals surface area (Å²) in [7, 11) is -1.70. The number of alkyl halides is 3. The van der Waals surface area contributed by atoms with Crippen molar-refractivity contribution in [3.8, 4) is 0 Å². The highest BCUT2D eigenvalue weighted by Gasteiger charge is 2.46. The molecule has 0 radical (unpaired) electrons. The van der Waals surface area contributed by atoms with E-state index in [1.807, 2.05) is 30.3 Å². The van der Waals surface area contributed by atoms with Crippen LogP contribution in [-0.4, -0.2) is 40.4 Å². The highest BCUT2D eigenvalue weighted by molar-refractivity contribution is 7.89. The SMILES string of the molecule is CNCCCS(=O)(=O)NCC1CC2C(c3ccccc3)Nc3ccc(C(F)(F)F)cc3C2O1. The van der Waals surface area contributed by atoms with Crippen molar-refractivity contribution in [3.05, 3.63) is 65.2 Å². The normalized spacial score (nSPS) is 24.7. The fourth-order valence-electron chi connectivity index (χ4n) is 4.64. The zero-order valence-electron chi connectivity index (χ0n) is 18.2. The third-order valence-electron chi connectivity index (χ3n) is 6.22. The Balaban J connectivity index is 1.57. The van der Waals surface area contributed by atoms with Gasteiger partial charge >= 0.3 is 6.18 Å². The van der Waals surface area contributed by atoms with Gasteiger partial charge in [-0.3, -0.25) is 0 Å². The molecule has 2 aromatic carbocycles. The quantitative estimate of drug-likeness (QED) is 0.497. The van der Waals surface area contributed by atoms with Crippen LogP contribution in [0.25, 0.3) is 0 Å². The summed E-state index contributed by atoms with van der Waals surface area (Å²) in [5, 5.41) is 6.31. The molecule has 4 atom stereocenters. The number of ether oxygens (including phenoxy) is 1. The fourth-order valence-corrected chi connectivity index (χ4v) is 5.75. The molecule has 2 aliphatic rings. The highest BCUT2D eigenvalue weighted by atomic mass is 32.2. The highest BCUT2D eigenvalue weighted by Crippen LogP contribution is 2.52. The standard InChI is InChI=1S/C23H28F3N3O3S/c1-27-10-5-11-33(30,31)28-14-17-13-19-21(15-6-3-2-4-7-15)29-20-9-8-16(23(24,25)26)12-18(20)22(19)32-17/h2-4,6-9,12,17,19,21-22,27-29H,5,10-11,13-14H2,1H3. The van der Waals surface area contributed by atoms with Crippen LogP contribution in [0.5, 0.6) is 0 Å². The maximum atomic E-state index is 13.4. The number of hydrogen-bond donors (Lipinski definition) is 3. The van der Waals surface area contributed by atoms with Gasteiger partial charge in [0.15, 0.2) is 0 Å². The molecule has 2 heterocycles. The van der Waals surface area contributed by atoms with Crippen molar-refractivity contribution >= 4 is 15.7 Å².